The van der Waals surface area contributed by atoms with E-state index in [2.05, 4.69) is 5.10 Å². The molecule has 0 saturated heterocycles. The number of aryl methyl sites for hydroxylation is 1. The highest BCUT2D eigenvalue weighted by Gasteiger charge is 2.41. The molecular weight excluding hydrogens is 362 g/mol. The summed E-state index contributed by atoms with van der Waals surface area (Å²) in [6.07, 6.45) is -4.34. The minimum absolute atomic E-state index is 0.279. The number of nitrogens with one attached hydrogen (secondary N) is 1. The lowest BCUT2D eigenvalue weighted by atomic mass is 10.2. The summed E-state index contributed by atoms with van der Waals surface area (Å²) in [6, 6.07) is 1.58. The summed E-state index contributed by atoms with van der Waals surface area (Å²) in [5.74, 6) is -2.55. The van der Waals surface area contributed by atoms with Crippen LogP contribution in [0.5, 0.6) is 0 Å². The van der Waals surface area contributed by atoms with Crippen LogP contribution >= 0.6 is 0 Å². The molecule has 0 aliphatic rings. The van der Waals surface area contributed by atoms with E-state index in [1.165, 1.54) is 12.1 Å². The third-order valence-electron chi connectivity index (χ3n) is 3.07. The van der Waals surface area contributed by atoms with Crippen LogP contribution in [0, 0.1) is 5.82 Å². The molecule has 138 valence electrons. The molecule has 0 aliphatic heterocycles. The Balaban J connectivity index is 2.39. The van der Waals surface area contributed by atoms with Gasteiger partial charge in [0.1, 0.15) is 5.82 Å². The Morgan fingerprint density at radius 1 is 1.23 bits per heavy atom. The van der Waals surface area contributed by atoms with Crippen LogP contribution in [0.3, 0.4) is 0 Å². The molecule has 8 nitrogen and oxygen atoms in total. The molecule has 12 heteroatoms. The van der Waals surface area contributed by atoms with Gasteiger partial charge in [-0.05, 0) is 12.1 Å². The maximum absolute atomic E-state index is 13.6. The Bertz CT molecular complexity index is 878. The lowest BCUT2D eigenvalue weighted by Crippen LogP contribution is -2.47. The molecule has 1 aromatic heterocycles. The first-order valence-electron chi connectivity index (χ1n) is 6.82. The number of aromatic nitrogens is 2. The van der Waals surface area contributed by atoms with E-state index < -0.39 is 46.9 Å². The van der Waals surface area contributed by atoms with Gasteiger partial charge in [0.05, 0.1) is 11.3 Å². The molecule has 1 aromatic carbocycles. The molecule has 2 rings (SSSR count). The predicted octanol–water partition coefficient (Wildman–Crippen LogP) is 2.33. The van der Waals surface area contributed by atoms with Crippen molar-refractivity contribution in [1.29, 1.82) is 0 Å². The fourth-order valence-electron chi connectivity index (χ4n) is 2.00. The smallest absolute Gasteiger partial charge is 0.351 e. The number of hydrogen-bond acceptors (Lipinski definition) is 4. The van der Waals surface area contributed by atoms with E-state index in [1.54, 1.807) is 0 Å². The first kappa shape index (κ1) is 18.9. The number of nitrogens with two attached hydrogens (primary N) is 1. The van der Waals surface area contributed by atoms with Gasteiger partial charge >= 0.3 is 18.2 Å². The number of rotatable bonds is 2. The van der Waals surface area contributed by atoms with Crippen LogP contribution in [0.2, 0.25) is 0 Å². The number of alkyl halides is 3. The highest BCUT2D eigenvalue weighted by molar-refractivity contribution is 6.18. The van der Waals surface area contributed by atoms with E-state index in [0.29, 0.717) is 10.9 Å². The number of nitrogens with zero attached hydrogens (tertiary/aromatic N) is 3. The number of carbonyl (C=O) groups is 3. The Morgan fingerprint density at radius 3 is 2.38 bits per heavy atom. The first-order valence-corrected chi connectivity index (χ1v) is 6.82. The fraction of sp³-hybridized carbons (Fsp3) is 0.143. The molecule has 26 heavy (non-hydrogen) atoms. The number of amides is 5. The van der Waals surface area contributed by atoms with Crippen molar-refractivity contribution in [3.8, 4) is 0 Å². The zero-order chi connectivity index (χ0) is 19.6. The normalized spacial score (nSPS) is 11.1. The van der Waals surface area contributed by atoms with Crippen molar-refractivity contribution in [2.45, 2.75) is 6.18 Å². The van der Waals surface area contributed by atoms with Crippen molar-refractivity contribution in [2.24, 2.45) is 12.8 Å². The number of urea groups is 2. The summed E-state index contributed by atoms with van der Waals surface area (Å²) in [4.78, 5) is 35.6. The Kier molecular flexibility index (Phi) is 4.95. The van der Waals surface area contributed by atoms with Gasteiger partial charge in [0.15, 0.2) is 5.69 Å². The third kappa shape index (κ3) is 3.79. The highest BCUT2D eigenvalue weighted by atomic mass is 19.4. The summed E-state index contributed by atoms with van der Waals surface area (Å²) in [5, 5.41) is 4.99. The number of benzene rings is 1. The minimum atomic E-state index is -5.02. The van der Waals surface area contributed by atoms with Crippen LogP contribution < -0.4 is 11.1 Å². The number of anilines is 1. The second-order valence-corrected chi connectivity index (χ2v) is 4.95. The third-order valence-corrected chi connectivity index (χ3v) is 3.07. The quantitative estimate of drug-likeness (QED) is 0.787. The summed E-state index contributed by atoms with van der Waals surface area (Å²) >= 11 is 0. The van der Waals surface area contributed by atoms with E-state index in [0.717, 1.165) is 19.2 Å². The lowest BCUT2D eigenvalue weighted by Gasteiger charge is -2.17. The van der Waals surface area contributed by atoms with Crippen LogP contribution in [0.15, 0.2) is 30.5 Å². The van der Waals surface area contributed by atoms with Gasteiger partial charge < -0.3 is 11.1 Å². The zero-order valence-electron chi connectivity index (χ0n) is 13.0. The van der Waals surface area contributed by atoms with Crippen LogP contribution in [0.25, 0.3) is 0 Å². The van der Waals surface area contributed by atoms with Crippen LogP contribution in [0.1, 0.15) is 16.1 Å². The summed E-state index contributed by atoms with van der Waals surface area (Å²) < 4.78 is 53.2. The van der Waals surface area contributed by atoms with Gasteiger partial charge in [-0.1, -0.05) is 12.1 Å². The van der Waals surface area contributed by atoms with Crippen molar-refractivity contribution >= 4 is 23.7 Å². The van der Waals surface area contributed by atoms with Crippen LogP contribution in [-0.4, -0.2) is 32.6 Å². The van der Waals surface area contributed by atoms with Gasteiger partial charge in [-0.25, -0.2) is 14.0 Å². The summed E-state index contributed by atoms with van der Waals surface area (Å²) in [6.45, 7) is 0. The molecule has 1 heterocycles. The maximum Gasteiger partial charge on any atom is 0.435 e. The molecule has 0 unspecified atom stereocenters. The fourth-order valence-corrected chi connectivity index (χ4v) is 2.00. The monoisotopic (exact) mass is 373 g/mol. The van der Waals surface area contributed by atoms with Gasteiger partial charge in [-0.2, -0.15) is 23.2 Å². The van der Waals surface area contributed by atoms with Gasteiger partial charge in [-0.3, -0.25) is 9.48 Å². The number of primary amides is 1. The second-order valence-electron chi connectivity index (χ2n) is 4.95. The molecular formula is C14H11F4N5O3. The SMILES string of the molecule is Cn1cc(C(=O)N(C(N)=O)C(=O)Nc2ccccc2F)c(C(F)(F)F)n1. The number of carbonyl (C=O) groups excluding carboxylic acids is 3. The second kappa shape index (κ2) is 6.82. The van der Waals surface area contributed by atoms with Gasteiger partial charge in [-0.15, -0.1) is 0 Å². The van der Waals surface area contributed by atoms with Gasteiger partial charge in [0.2, 0.25) is 0 Å². The standard InChI is InChI=1S/C14H11F4N5O3/c1-22-6-7(10(21-22)14(16,17)18)11(24)23(12(19)25)13(26)20-9-5-3-2-4-8(9)15/h2-6H,1H3,(H2,19,25)(H,20,26). The molecule has 0 radical (unpaired) electrons. The van der Waals surface area contributed by atoms with E-state index in [1.807, 2.05) is 5.32 Å². The topological polar surface area (TPSA) is 110 Å². The van der Waals surface area contributed by atoms with Crippen LogP contribution in [0.4, 0.5) is 32.8 Å². The highest BCUT2D eigenvalue weighted by Crippen LogP contribution is 2.31. The molecule has 0 atom stereocenters. The average Bonchev–Trinajstić information content (AvgIpc) is 2.91. The molecule has 2 aromatic rings. The van der Waals surface area contributed by atoms with Crippen molar-refractivity contribution in [3.63, 3.8) is 0 Å². The zero-order valence-corrected chi connectivity index (χ0v) is 13.0. The van der Waals surface area contributed by atoms with Crippen molar-refractivity contribution in [3.05, 3.63) is 47.5 Å². The Hall–Kier alpha value is -3.44. The maximum atomic E-state index is 13.6. The lowest BCUT2D eigenvalue weighted by molar-refractivity contribution is -0.141. The molecule has 3 N–H and O–H groups in total. The van der Waals surface area contributed by atoms with E-state index in [9.17, 15) is 31.9 Å². The number of imide groups is 3. The van der Waals surface area contributed by atoms with E-state index in [4.69, 9.17) is 5.73 Å². The predicted molar refractivity (Wildman–Crippen MR) is 79.4 cm³/mol. The van der Waals surface area contributed by atoms with Gasteiger partial charge in [0.25, 0.3) is 5.91 Å². The Labute approximate surface area is 143 Å². The van der Waals surface area contributed by atoms with Crippen molar-refractivity contribution in [2.75, 3.05) is 5.32 Å². The first-order chi connectivity index (χ1) is 12.0. The van der Waals surface area contributed by atoms with Crippen molar-refractivity contribution in [1.82, 2.24) is 14.7 Å². The summed E-state index contributed by atoms with van der Waals surface area (Å²) in [5.41, 5.74) is 1.86. The number of halogens is 4. The molecule has 0 bridgehead atoms. The number of para-hydroxylation sites is 1. The minimum Gasteiger partial charge on any atom is -0.351 e. The largest absolute Gasteiger partial charge is 0.435 e. The molecule has 0 fully saturated rings. The van der Waals surface area contributed by atoms with Crippen LogP contribution in [-0.2, 0) is 13.2 Å². The molecule has 0 saturated carbocycles. The Morgan fingerprint density at radius 2 is 1.85 bits per heavy atom. The van der Waals surface area contributed by atoms with Crippen molar-refractivity contribution < 1.29 is 31.9 Å². The molecule has 0 spiro atoms. The summed E-state index contributed by atoms with van der Waals surface area (Å²) in [7, 11) is 1.11. The molecule has 0 aliphatic carbocycles. The van der Waals surface area contributed by atoms with Gasteiger partial charge in [0, 0.05) is 13.2 Å². The molecule has 5 amide bonds. The van der Waals surface area contributed by atoms with E-state index in [-0.39, 0.29) is 4.90 Å². The van der Waals surface area contributed by atoms with E-state index >= 15 is 0 Å². The average molecular weight is 373 g/mol. The number of hydrogen-bond donors (Lipinski definition) is 2.